The van der Waals surface area contributed by atoms with E-state index in [2.05, 4.69) is 0 Å². The maximum Gasteiger partial charge on any atom is 0.159 e. The van der Waals surface area contributed by atoms with Crippen molar-refractivity contribution < 1.29 is 19.0 Å². The minimum absolute atomic E-state index is 0.0696. The van der Waals surface area contributed by atoms with Crippen molar-refractivity contribution in [3.63, 3.8) is 0 Å². The number of halogens is 2. The highest BCUT2D eigenvalue weighted by Gasteiger charge is 2.33. The molecule has 3 atom stereocenters. The average Bonchev–Trinajstić information content (AvgIpc) is 2.55. The summed E-state index contributed by atoms with van der Waals surface area (Å²) in [5.41, 5.74) is 0.650. The zero-order valence-corrected chi connectivity index (χ0v) is 8.74. The number of rotatable bonds is 2. The minimum atomic E-state index is -0.870. The Hall–Kier alpha value is -1.00. The third kappa shape index (κ3) is 2.23. The van der Waals surface area contributed by atoms with Gasteiger partial charge in [-0.25, -0.2) is 8.78 Å². The molecular formula is C12H14F2O2. The van der Waals surface area contributed by atoms with E-state index in [9.17, 15) is 19.0 Å². The van der Waals surface area contributed by atoms with Gasteiger partial charge < -0.3 is 10.2 Å². The Labute approximate surface area is 92.5 Å². The van der Waals surface area contributed by atoms with Crippen LogP contribution in [0.3, 0.4) is 0 Å². The van der Waals surface area contributed by atoms with Crippen molar-refractivity contribution in [1.82, 2.24) is 0 Å². The maximum atomic E-state index is 12.9. The molecule has 1 aliphatic carbocycles. The smallest absolute Gasteiger partial charge is 0.159 e. The Bertz CT molecular complexity index is 381. The lowest BCUT2D eigenvalue weighted by Crippen LogP contribution is -2.26. The van der Waals surface area contributed by atoms with E-state index in [-0.39, 0.29) is 5.92 Å². The van der Waals surface area contributed by atoms with Crippen LogP contribution in [0.15, 0.2) is 18.2 Å². The Morgan fingerprint density at radius 2 is 1.88 bits per heavy atom. The molecule has 0 aliphatic heterocycles. The fourth-order valence-corrected chi connectivity index (χ4v) is 2.23. The van der Waals surface area contributed by atoms with Gasteiger partial charge in [-0.1, -0.05) is 6.07 Å². The fourth-order valence-electron chi connectivity index (χ4n) is 2.23. The molecule has 2 nitrogen and oxygen atoms in total. The highest BCUT2D eigenvalue weighted by molar-refractivity contribution is 5.18. The summed E-state index contributed by atoms with van der Waals surface area (Å²) in [6.45, 7) is 0. The van der Waals surface area contributed by atoms with Gasteiger partial charge in [-0.2, -0.15) is 0 Å². The van der Waals surface area contributed by atoms with Gasteiger partial charge in [0.1, 0.15) is 0 Å². The molecular weight excluding hydrogens is 214 g/mol. The molecule has 0 bridgehead atoms. The lowest BCUT2D eigenvalue weighted by atomic mass is 9.96. The average molecular weight is 228 g/mol. The molecule has 88 valence electrons. The highest BCUT2D eigenvalue weighted by Crippen LogP contribution is 2.29. The molecule has 1 fully saturated rings. The summed E-state index contributed by atoms with van der Waals surface area (Å²) in [7, 11) is 0. The fraction of sp³-hybridized carbons (Fsp3) is 0.500. The number of hydrogen-bond acceptors (Lipinski definition) is 2. The van der Waals surface area contributed by atoms with Crippen molar-refractivity contribution in [2.24, 2.45) is 5.92 Å². The molecule has 0 heterocycles. The summed E-state index contributed by atoms with van der Waals surface area (Å²) in [5.74, 6) is -1.80. The van der Waals surface area contributed by atoms with Gasteiger partial charge in [-0.3, -0.25) is 0 Å². The van der Waals surface area contributed by atoms with Crippen LogP contribution in [0.5, 0.6) is 0 Å². The molecule has 0 saturated heterocycles. The highest BCUT2D eigenvalue weighted by atomic mass is 19.2. The van der Waals surface area contributed by atoms with Gasteiger partial charge in [-0.15, -0.1) is 0 Å². The molecule has 0 radical (unpaired) electrons. The summed E-state index contributed by atoms with van der Waals surface area (Å²) in [6, 6.07) is 3.74. The van der Waals surface area contributed by atoms with E-state index < -0.39 is 23.8 Å². The topological polar surface area (TPSA) is 40.5 Å². The van der Waals surface area contributed by atoms with E-state index in [4.69, 9.17) is 0 Å². The third-order valence-corrected chi connectivity index (χ3v) is 3.19. The van der Waals surface area contributed by atoms with E-state index >= 15 is 0 Å². The largest absolute Gasteiger partial charge is 0.390 e. The van der Waals surface area contributed by atoms with Gasteiger partial charge in [0.15, 0.2) is 11.6 Å². The Balaban J connectivity index is 2.07. The predicted molar refractivity (Wildman–Crippen MR) is 54.8 cm³/mol. The first-order valence-electron chi connectivity index (χ1n) is 5.38. The first-order chi connectivity index (χ1) is 7.58. The molecule has 2 N–H and O–H groups in total. The molecule has 0 amide bonds. The van der Waals surface area contributed by atoms with Crippen LogP contribution in [0.4, 0.5) is 8.78 Å². The van der Waals surface area contributed by atoms with Gasteiger partial charge in [0.2, 0.25) is 0 Å². The van der Waals surface area contributed by atoms with Crippen LogP contribution in [0.25, 0.3) is 0 Å². The molecule has 2 rings (SSSR count). The molecule has 0 aromatic heterocycles. The molecule has 1 aromatic carbocycles. The molecule has 1 aliphatic rings. The van der Waals surface area contributed by atoms with Gasteiger partial charge in [0.05, 0.1) is 12.2 Å². The molecule has 1 saturated carbocycles. The van der Waals surface area contributed by atoms with Gasteiger partial charge in [0.25, 0.3) is 0 Å². The lowest BCUT2D eigenvalue weighted by Gasteiger charge is -2.16. The van der Waals surface area contributed by atoms with E-state index in [1.54, 1.807) is 0 Å². The van der Waals surface area contributed by atoms with Crippen molar-refractivity contribution in [3.8, 4) is 0 Å². The van der Waals surface area contributed by atoms with E-state index in [1.165, 1.54) is 6.07 Å². The Kier molecular flexibility index (Phi) is 3.21. The maximum absolute atomic E-state index is 12.9. The van der Waals surface area contributed by atoms with Crippen molar-refractivity contribution in [1.29, 1.82) is 0 Å². The van der Waals surface area contributed by atoms with Crippen LogP contribution in [0.1, 0.15) is 18.4 Å². The van der Waals surface area contributed by atoms with E-state index in [0.717, 1.165) is 12.1 Å². The van der Waals surface area contributed by atoms with Crippen molar-refractivity contribution >= 4 is 0 Å². The van der Waals surface area contributed by atoms with Crippen LogP contribution < -0.4 is 0 Å². The Morgan fingerprint density at radius 1 is 1.12 bits per heavy atom. The number of aliphatic hydroxyl groups is 2. The summed E-state index contributed by atoms with van der Waals surface area (Å²) in [4.78, 5) is 0. The molecule has 1 aromatic rings. The molecule has 3 unspecified atom stereocenters. The lowest BCUT2D eigenvalue weighted by molar-refractivity contribution is 0.0207. The number of hydrogen-bond donors (Lipinski definition) is 2. The second kappa shape index (κ2) is 4.47. The van der Waals surface area contributed by atoms with Crippen molar-refractivity contribution in [3.05, 3.63) is 35.4 Å². The molecule has 0 spiro atoms. The minimum Gasteiger partial charge on any atom is -0.390 e. The quantitative estimate of drug-likeness (QED) is 0.807. The monoisotopic (exact) mass is 228 g/mol. The number of aliphatic hydroxyl groups excluding tert-OH is 2. The summed E-state index contributed by atoms with van der Waals surface area (Å²) in [6.07, 6.45) is 0.301. The summed E-state index contributed by atoms with van der Waals surface area (Å²) < 4.78 is 25.6. The predicted octanol–water partition coefficient (Wildman–Crippen LogP) is 1.64. The van der Waals surface area contributed by atoms with Gasteiger partial charge in [-0.05, 0) is 42.9 Å². The zero-order chi connectivity index (χ0) is 11.7. The SMILES string of the molecule is OC1CCC(Cc2ccc(F)c(F)c2)C1O. The Morgan fingerprint density at radius 3 is 2.44 bits per heavy atom. The van der Waals surface area contributed by atoms with Gasteiger partial charge >= 0.3 is 0 Å². The van der Waals surface area contributed by atoms with Crippen LogP contribution in [0, 0.1) is 17.6 Å². The molecule has 4 heteroatoms. The normalized spacial score (nSPS) is 29.6. The van der Waals surface area contributed by atoms with Crippen LogP contribution in [-0.2, 0) is 6.42 Å². The van der Waals surface area contributed by atoms with Gasteiger partial charge in [0, 0.05) is 0 Å². The first kappa shape index (κ1) is 11.5. The summed E-state index contributed by atoms with van der Waals surface area (Å²) in [5, 5.41) is 19.0. The third-order valence-electron chi connectivity index (χ3n) is 3.19. The van der Waals surface area contributed by atoms with Crippen molar-refractivity contribution in [2.45, 2.75) is 31.5 Å². The zero-order valence-electron chi connectivity index (χ0n) is 8.74. The summed E-state index contributed by atoms with van der Waals surface area (Å²) >= 11 is 0. The second-order valence-corrected chi connectivity index (χ2v) is 4.35. The van der Waals surface area contributed by atoms with Crippen molar-refractivity contribution in [2.75, 3.05) is 0 Å². The first-order valence-corrected chi connectivity index (χ1v) is 5.38. The van der Waals surface area contributed by atoms with Crippen LogP contribution >= 0.6 is 0 Å². The number of benzene rings is 1. The van der Waals surface area contributed by atoms with E-state index in [0.29, 0.717) is 24.8 Å². The molecule has 16 heavy (non-hydrogen) atoms. The van der Waals surface area contributed by atoms with Crippen LogP contribution in [0.2, 0.25) is 0 Å². The van der Waals surface area contributed by atoms with E-state index in [1.807, 2.05) is 0 Å². The second-order valence-electron chi connectivity index (χ2n) is 4.35. The standard InChI is InChI=1S/C12H14F2O2/c13-9-3-1-7(6-10(9)14)5-8-2-4-11(15)12(8)16/h1,3,6,8,11-12,15-16H,2,4-5H2. The van der Waals surface area contributed by atoms with Crippen LogP contribution in [-0.4, -0.2) is 22.4 Å².